The summed E-state index contributed by atoms with van der Waals surface area (Å²) in [6.45, 7) is 5.78. The van der Waals surface area contributed by atoms with Crippen LogP contribution < -0.4 is 10.2 Å². The Morgan fingerprint density at radius 1 is 1.17 bits per heavy atom. The minimum absolute atomic E-state index is 0.00167. The molecule has 5 heteroatoms. The van der Waals surface area contributed by atoms with Crippen LogP contribution in [-0.4, -0.2) is 23.9 Å². The van der Waals surface area contributed by atoms with Gasteiger partial charge >= 0.3 is 0 Å². The van der Waals surface area contributed by atoms with Crippen LogP contribution >= 0.6 is 11.8 Å². The lowest BCUT2D eigenvalue weighted by Gasteiger charge is -2.31. The van der Waals surface area contributed by atoms with E-state index in [1.165, 1.54) is 11.3 Å². The van der Waals surface area contributed by atoms with Gasteiger partial charge in [-0.1, -0.05) is 12.8 Å². The van der Waals surface area contributed by atoms with Gasteiger partial charge in [0, 0.05) is 10.1 Å². The summed E-state index contributed by atoms with van der Waals surface area (Å²) in [4.78, 5) is 19.1. The molecule has 0 radical (unpaired) electrons. The maximum Gasteiger partial charge on any atom is 0.247 e. The fourth-order valence-corrected chi connectivity index (χ4v) is 4.00. The van der Waals surface area contributed by atoms with Gasteiger partial charge in [0.15, 0.2) is 0 Å². The van der Waals surface area contributed by atoms with E-state index in [9.17, 15) is 4.79 Å². The summed E-state index contributed by atoms with van der Waals surface area (Å²) >= 11 is 1.78. The Labute approximate surface area is 143 Å². The van der Waals surface area contributed by atoms with Crippen LogP contribution in [0.2, 0.25) is 0 Å². The Morgan fingerprint density at radius 3 is 2.43 bits per heavy atom. The molecule has 0 aliphatic heterocycles. The highest BCUT2D eigenvalue weighted by atomic mass is 32.2. The van der Waals surface area contributed by atoms with Gasteiger partial charge in [0.1, 0.15) is 5.75 Å². The number of nitrogens with one attached hydrogen (secondary N) is 1. The lowest BCUT2D eigenvalue weighted by molar-refractivity contribution is -0.150. The molecule has 128 valence electrons. The highest BCUT2D eigenvalue weighted by Crippen LogP contribution is 2.38. The number of amides is 1. The van der Waals surface area contributed by atoms with Gasteiger partial charge in [-0.3, -0.25) is 9.63 Å². The highest BCUT2D eigenvalue weighted by molar-refractivity contribution is 8.00. The number of ether oxygens (including phenoxy) is 1. The first kappa shape index (κ1) is 18.1. The Kier molecular flexibility index (Phi) is 6.36. The summed E-state index contributed by atoms with van der Waals surface area (Å²) in [7, 11) is 1.67. The van der Waals surface area contributed by atoms with Crippen LogP contribution in [0.3, 0.4) is 0 Å². The molecule has 1 fully saturated rings. The average Bonchev–Trinajstić information content (AvgIpc) is 2.53. The topological polar surface area (TPSA) is 47.6 Å². The standard InChI is InChI=1S/C18H27NO3S/c1-18(2,3)22-19-17(20)15-7-5-6-8-16(15)23-14-11-9-13(21-4)10-12-14/h9-12,15-16H,5-8H2,1-4H3,(H,19,20). The SMILES string of the molecule is COc1ccc(SC2CCCCC2C(=O)NOC(C)(C)C)cc1. The molecule has 1 N–H and O–H groups in total. The zero-order valence-corrected chi connectivity index (χ0v) is 15.2. The number of thioether (sulfide) groups is 1. The van der Waals surface area contributed by atoms with Crippen molar-refractivity contribution >= 4 is 17.7 Å². The predicted octanol–water partition coefficient (Wildman–Crippen LogP) is 4.19. The Balaban J connectivity index is 1.98. The maximum atomic E-state index is 12.5. The van der Waals surface area contributed by atoms with Crippen molar-refractivity contribution in [2.24, 2.45) is 5.92 Å². The molecule has 0 saturated heterocycles. The van der Waals surface area contributed by atoms with E-state index in [1.54, 1.807) is 18.9 Å². The molecular formula is C18H27NO3S. The second-order valence-corrected chi connectivity index (χ2v) is 8.22. The summed E-state index contributed by atoms with van der Waals surface area (Å²) in [6, 6.07) is 8.03. The Morgan fingerprint density at radius 2 is 1.83 bits per heavy atom. The van der Waals surface area contributed by atoms with Crippen molar-refractivity contribution in [1.29, 1.82) is 0 Å². The van der Waals surface area contributed by atoms with E-state index in [4.69, 9.17) is 9.57 Å². The minimum Gasteiger partial charge on any atom is -0.497 e. The molecule has 1 aliphatic rings. The van der Waals surface area contributed by atoms with Gasteiger partial charge in [-0.05, 0) is 57.9 Å². The van der Waals surface area contributed by atoms with Gasteiger partial charge in [-0.25, -0.2) is 5.48 Å². The van der Waals surface area contributed by atoms with Crippen LogP contribution in [0.25, 0.3) is 0 Å². The molecule has 1 aromatic carbocycles. The summed E-state index contributed by atoms with van der Waals surface area (Å²) in [5, 5.41) is 0.292. The normalized spacial score (nSPS) is 21.7. The van der Waals surface area contributed by atoms with Crippen LogP contribution in [0.5, 0.6) is 5.75 Å². The second kappa shape index (κ2) is 8.06. The first-order chi connectivity index (χ1) is 10.9. The predicted molar refractivity (Wildman–Crippen MR) is 93.6 cm³/mol. The Bertz CT molecular complexity index is 510. The number of hydrogen-bond acceptors (Lipinski definition) is 4. The first-order valence-electron chi connectivity index (χ1n) is 8.17. The molecular weight excluding hydrogens is 310 g/mol. The molecule has 0 bridgehead atoms. The molecule has 0 spiro atoms. The van der Waals surface area contributed by atoms with Gasteiger partial charge in [-0.15, -0.1) is 11.8 Å². The number of hydroxylamine groups is 1. The first-order valence-corrected chi connectivity index (χ1v) is 9.05. The minimum atomic E-state index is -0.372. The van der Waals surface area contributed by atoms with Crippen molar-refractivity contribution in [3.8, 4) is 5.75 Å². The maximum absolute atomic E-state index is 12.5. The van der Waals surface area contributed by atoms with Crippen LogP contribution in [0.15, 0.2) is 29.2 Å². The monoisotopic (exact) mass is 337 g/mol. The van der Waals surface area contributed by atoms with Crippen molar-refractivity contribution in [2.45, 2.75) is 62.2 Å². The van der Waals surface area contributed by atoms with E-state index < -0.39 is 0 Å². The van der Waals surface area contributed by atoms with Crippen LogP contribution in [-0.2, 0) is 9.63 Å². The number of carbonyl (C=O) groups excluding carboxylic acids is 1. The van der Waals surface area contributed by atoms with E-state index in [2.05, 4.69) is 17.6 Å². The summed E-state index contributed by atoms with van der Waals surface area (Å²) < 4.78 is 5.19. The third kappa shape index (κ3) is 5.74. The van der Waals surface area contributed by atoms with E-state index >= 15 is 0 Å². The molecule has 0 aromatic heterocycles. The van der Waals surface area contributed by atoms with Gasteiger partial charge < -0.3 is 4.74 Å². The van der Waals surface area contributed by atoms with Gasteiger partial charge in [0.05, 0.1) is 18.6 Å². The Hall–Kier alpha value is -1.20. The van der Waals surface area contributed by atoms with Crippen molar-refractivity contribution in [3.63, 3.8) is 0 Å². The molecule has 1 saturated carbocycles. The number of rotatable bonds is 5. The molecule has 2 rings (SSSR count). The quantitative estimate of drug-likeness (QED) is 0.818. The van der Waals surface area contributed by atoms with Crippen molar-refractivity contribution < 1.29 is 14.4 Å². The lowest BCUT2D eigenvalue weighted by Crippen LogP contribution is -2.41. The molecule has 1 amide bonds. The van der Waals surface area contributed by atoms with Crippen molar-refractivity contribution in [2.75, 3.05) is 7.11 Å². The van der Waals surface area contributed by atoms with Gasteiger partial charge in [0.2, 0.25) is 5.91 Å². The summed E-state index contributed by atoms with van der Waals surface area (Å²) in [6.07, 6.45) is 4.27. The average molecular weight is 337 g/mol. The van der Waals surface area contributed by atoms with Crippen LogP contribution in [0.1, 0.15) is 46.5 Å². The third-order valence-electron chi connectivity index (χ3n) is 3.84. The highest BCUT2D eigenvalue weighted by Gasteiger charge is 2.32. The zero-order valence-electron chi connectivity index (χ0n) is 14.4. The summed E-state index contributed by atoms with van der Waals surface area (Å²) in [5.74, 6) is 0.856. The van der Waals surface area contributed by atoms with Crippen molar-refractivity contribution in [1.82, 2.24) is 5.48 Å². The third-order valence-corrected chi connectivity index (χ3v) is 5.26. The van der Waals surface area contributed by atoms with E-state index in [-0.39, 0.29) is 17.4 Å². The second-order valence-electron chi connectivity index (χ2n) is 6.90. The lowest BCUT2D eigenvalue weighted by atomic mass is 9.88. The van der Waals surface area contributed by atoms with Crippen LogP contribution in [0, 0.1) is 5.92 Å². The molecule has 23 heavy (non-hydrogen) atoms. The van der Waals surface area contributed by atoms with Crippen molar-refractivity contribution in [3.05, 3.63) is 24.3 Å². The van der Waals surface area contributed by atoms with E-state index in [1.807, 2.05) is 32.9 Å². The fraction of sp³-hybridized carbons (Fsp3) is 0.611. The van der Waals surface area contributed by atoms with E-state index in [0.29, 0.717) is 5.25 Å². The number of methoxy groups -OCH3 is 1. The van der Waals surface area contributed by atoms with Crippen LogP contribution in [0.4, 0.5) is 0 Å². The fourth-order valence-electron chi connectivity index (χ4n) is 2.65. The smallest absolute Gasteiger partial charge is 0.247 e. The molecule has 0 heterocycles. The number of hydrogen-bond donors (Lipinski definition) is 1. The molecule has 1 aromatic rings. The zero-order chi connectivity index (χ0) is 16.9. The number of benzene rings is 1. The molecule has 1 aliphatic carbocycles. The number of carbonyl (C=O) groups is 1. The van der Waals surface area contributed by atoms with E-state index in [0.717, 1.165) is 25.0 Å². The van der Waals surface area contributed by atoms with Gasteiger partial charge in [-0.2, -0.15) is 0 Å². The molecule has 2 unspecified atom stereocenters. The molecule has 4 nitrogen and oxygen atoms in total. The summed E-state index contributed by atoms with van der Waals surface area (Å²) in [5.41, 5.74) is 2.28. The van der Waals surface area contributed by atoms with Gasteiger partial charge in [0.25, 0.3) is 0 Å². The largest absolute Gasteiger partial charge is 0.497 e. The molecule has 2 atom stereocenters.